The molecule has 3 fully saturated rings. The molecular weight excluding hydrogens is 508 g/mol. The first-order valence-corrected chi connectivity index (χ1v) is 16.9. The fourth-order valence-corrected chi connectivity index (χ4v) is 8.62. The molecule has 41 heavy (non-hydrogen) atoms. The van der Waals surface area contributed by atoms with Crippen LogP contribution in [-0.4, -0.2) is 29.1 Å². The highest BCUT2D eigenvalue weighted by molar-refractivity contribution is 5.87. The van der Waals surface area contributed by atoms with Gasteiger partial charge in [0.25, 0.3) is 0 Å². The van der Waals surface area contributed by atoms with Gasteiger partial charge in [0.05, 0.1) is 6.10 Å². The number of allylic oxidation sites excluding steroid dienone is 6. The van der Waals surface area contributed by atoms with Crippen molar-refractivity contribution in [3.8, 4) is 0 Å². The minimum Gasteiger partial charge on any atom is -0.462 e. The minimum atomic E-state index is -0.488. The van der Waals surface area contributed by atoms with Crippen LogP contribution in [0.1, 0.15) is 130 Å². The Bertz CT molecular complexity index is 1000. The van der Waals surface area contributed by atoms with E-state index in [9.17, 15) is 14.7 Å². The molecule has 0 aromatic carbocycles. The third-order valence-electron chi connectivity index (χ3n) is 11.1. The second kappa shape index (κ2) is 15.0. The van der Waals surface area contributed by atoms with E-state index in [0.29, 0.717) is 30.5 Å². The van der Waals surface area contributed by atoms with Crippen molar-refractivity contribution in [2.24, 2.45) is 28.6 Å². The summed E-state index contributed by atoms with van der Waals surface area (Å²) < 4.78 is 5.95. The first kappa shape index (κ1) is 32.0. The van der Waals surface area contributed by atoms with Crippen LogP contribution in [0.3, 0.4) is 0 Å². The molecule has 0 radical (unpaired) electrons. The number of esters is 1. The highest BCUT2D eigenvalue weighted by Crippen LogP contribution is 2.64. The van der Waals surface area contributed by atoms with Crippen molar-refractivity contribution in [1.82, 2.24) is 0 Å². The summed E-state index contributed by atoms with van der Waals surface area (Å²) in [7, 11) is 0. The molecule has 0 bridgehead atoms. The van der Waals surface area contributed by atoms with E-state index >= 15 is 0 Å². The number of carbonyl (C=O) groups is 2. The van der Waals surface area contributed by atoms with Crippen LogP contribution in [0, 0.1) is 28.6 Å². The highest BCUT2D eigenvalue weighted by atomic mass is 16.5. The molecule has 0 aromatic rings. The number of hydrogen-bond donors (Lipinski definition) is 1. The zero-order valence-electron chi connectivity index (χ0n) is 26.1. The van der Waals surface area contributed by atoms with Crippen molar-refractivity contribution in [3.05, 3.63) is 48.1 Å². The topological polar surface area (TPSA) is 63.6 Å². The first-order valence-electron chi connectivity index (χ1n) is 16.9. The molecule has 0 heterocycles. The third kappa shape index (κ3) is 7.72. The lowest BCUT2D eigenvalue weighted by atomic mass is 9.47. The molecule has 0 aliphatic heterocycles. The van der Waals surface area contributed by atoms with E-state index in [-0.39, 0.29) is 28.8 Å². The standard InChI is InChI=1S/C37H56O4/c1-4-5-6-7-8-9-10-11-12-13-14-15-16-17-18-19-34(40)41-29-22-24-36(2)28(26-29)27-32(38)35-30-20-21-33(39)37(30,3)25-23-31(35)36/h5-6,8-9,11-12,27,29-32,35,38H,4,7,10,13-26H2,1-3H3/b6-5+,9-8+,12-11-/t29-,30?,31?,32+,35?,36-,37-/m0/s1. The molecule has 7 atom stereocenters. The number of ether oxygens (including phenoxy) is 1. The van der Waals surface area contributed by atoms with Crippen molar-refractivity contribution in [2.45, 2.75) is 142 Å². The molecule has 3 saturated carbocycles. The van der Waals surface area contributed by atoms with Crippen LogP contribution in [0.25, 0.3) is 0 Å². The summed E-state index contributed by atoms with van der Waals surface area (Å²) in [5.74, 6) is 1.25. The van der Waals surface area contributed by atoms with E-state index in [4.69, 9.17) is 4.74 Å². The molecule has 1 N–H and O–H groups in total. The predicted octanol–water partition coefficient (Wildman–Crippen LogP) is 8.99. The molecule has 0 amide bonds. The Kier molecular flexibility index (Phi) is 11.7. The molecule has 0 spiro atoms. The summed E-state index contributed by atoms with van der Waals surface area (Å²) in [5, 5.41) is 11.3. The maximum Gasteiger partial charge on any atom is 0.306 e. The molecule has 4 aliphatic rings. The quantitative estimate of drug-likeness (QED) is 0.130. The Morgan fingerprint density at radius 2 is 1.56 bits per heavy atom. The van der Waals surface area contributed by atoms with E-state index in [1.165, 1.54) is 24.8 Å². The molecule has 4 aliphatic carbocycles. The maximum absolute atomic E-state index is 12.7. The number of aliphatic hydroxyl groups is 1. The lowest BCUT2D eigenvalue weighted by Gasteiger charge is -2.58. The van der Waals surface area contributed by atoms with Gasteiger partial charge in [-0.05, 0) is 93.8 Å². The predicted molar refractivity (Wildman–Crippen MR) is 167 cm³/mol. The SMILES string of the molecule is CC/C=C/C/C=C/C/C=C\CCCCCCCC(=O)O[C@H]1CC[C@@]2(C)C(=C[C@@H](O)C3C2CC[C@]2(C)C(=O)CCC32)C1. The fraction of sp³-hybridized carbons (Fsp3) is 0.730. The van der Waals surface area contributed by atoms with E-state index < -0.39 is 6.10 Å². The van der Waals surface area contributed by atoms with Crippen molar-refractivity contribution >= 4 is 11.8 Å². The van der Waals surface area contributed by atoms with Crippen LogP contribution in [0.2, 0.25) is 0 Å². The molecule has 228 valence electrons. The maximum atomic E-state index is 12.7. The summed E-state index contributed by atoms with van der Waals surface area (Å²) in [4.78, 5) is 25.3. The summed E-state index contributed by atoms with van der Waals surface area (Å²) in [5.41, 5.74) is 1.10. The van der Waals surface area contributed by atoms with E-state index in [2.05, 4.69) is 63.3 Å². The molecule has 3 unspecified atom stereocenters. The molecule has 4 nitrogen and oxygen atoms in total. The zero-order valence-corrected chi connectivity index (χ0v) is 26.1. The van der Waals surface area contributed by atoms with E-state index in [1.54, 1.807) is 0 Å². The van der Waals surface area contributed by atoms with Crippen LogP contribution in [0.4, 0.5) is 0 Å². The first-order chi connectivity index (χ1) is 19.8. The Morgan fingerprint density at radius 3 is 2.34 bits per heavy atom. The number of ketones is 1. The number of aliphatic hydroxyl groups excluding tert-OH is 1. The second-order valence-corrected chi connectivity index (χ2v) is 13.8. The van der Waals surface area contributed by atoms with Gasteiger partial charge in [0, 0.05) is 24.7 Å². The van der Waals surface area contributed by atoms with Gasteiger partial charge in [-0.15, -0.1) is 0 Å². The van der Waals surface area contributed by atoms with Crippen LogP contribution in [0.5, 0.6) is 0 Å². The average molecular weight is 565 g/mol. The summed E-state index contributed by atoms with van der Waals surface area (Å²) in [6.07, 6.45) is 31.6. The Balaban J connectivity index is 1.12. The van der Waals surface area contributed by atoms with Gasteiger partial charge >= 0.3 is 5.97 Å². The molecule has 4 rings (SSSR count). The summed E-state index contributed by atoms with van der Waals surface area (Å²) >= 11 is 0. The molecular formula is C37H56O4. The third-order valence-corrected chi connectivity index (χ3v) is 11.1. The molecule has 0 saturated heterocycles. The van der Waals surface area contributed by atoms with Gasteiger partial charge in [-0.25, -0.2) is 0 Å². The van der Waals surface area contributed by atoms with Gasteiger partial charge in [0.2, 0.25) is 0 Å². The summed E-state index contributed by atoms with van der Waals surface area (Å²) in [6.45, 7) is 6.69. The van der Waals surface area contributed by atoms with Crippen molar-refractivity contribution in [3.63, 3.8) is 0 Å². The second-order valence-electron chi connectivity index (χ2n) is 13.8. The molecule has 4 heteroatoms. The Labute approximate surface area is 249 Å². The normalized spacial score (nSPS) is 35.1. The van der Waals surface area contributed by atoms with Gasteiger partial charge < -0.3 is 9.84 Å². The van der Waals surface area contributed by atoms with Crippen LogP contribution in [-0.2, 0) is 14.3 Å². The fourth-order valence-electron chi connectivity index (χ4n) is 8.62. The lowest BCUT2D eigenvalue weighted by molar-refractivity contribution is -0.152. The van der Waals surface area contributed by atoms with Crippen molar-refractivity contribution in [1.29, 1.82) is 0 Å². The number of rotatable bonds is 14. The number of carbonyl (C=O) groups excluding carboxylic acids is 2. The minimum absolute atomic E-state index is 0.0531. The van der Waals surface area contributed by atoms with E-state index in [1.807, 2.05) is 0 Å². The zero-order chi connectivity index (χ0) is 29.3. The van der Waals surface area contributed by atoms with Gasteiger partial charge in [0.1, 0.15) is 11.9 Å². The Hall–Kier alpha value is -1.94. The van der Waals surface area contributed by atoms with Crippen molar-refractivity contribution in [2.75, 3.05) is 0 Å². The van der Waals surface area contributed by atoms with Gasteiger partial charge in [-0.3, -0.25) is 9.59 Å². The van der Waals surface area contributed by atoms with Gasteiger partial charge in [0.15, 0.2) is 0 Å². The highest BCUT2D eigenvalue weighted by Gasteiger charge is 2.60. The van der Waals surface area contributed by atoms with Crippen molar-refractivity contribution < 1.29 is 19.4 Å². The van der Waals surface area contributed by atoms with E-state index in [0.717, 1.165) is 77.0 Å². The smallest absolute Gasteiger partial charge is 0.306 e. The largest absolute Gasteiger partial charge is 0.462 e. The van der Waals surface area contributed by atoms with Gasteiger partial charge in [-0.2, -0.15) is 0 Å². The lowest BCUT2D eigenvalue weighted by Crippen LogP contribution is -2.54. The number of fused-ring (bicyclic) bond motifs is 5. The van der Waals surface area contributed by atoms with Crippen LogP contribution >= 0.6 is 0 Å². The van der Waals surface area contributed by atoms with Crippen LogP contribution in [0.15, 0.2) is 48.1 Å². The van der Waals surface area contributed by atoms with Crippen LogP contribution < -0.4 is 0 Å². The number of unbranched alkanes of at least 4 members (excludes halogenated alkanes) is 5. The number of Topliss-reactive ketones (excluding diaryl/α,β-unsaturated/α-hetero) is 1. The Morgan fingerprint density at radius 1 is 0.902 bits per heavy atom. The average Bonchev–Trinajstić information content (AvgIpc) is 3.25. The molecule has 0 aromatic heterocycles. The summed E-state index contributed by atoms with van der Waals surface area (Å²) in [6, 6.07) is 0. The van der Waals surface area contributed by atoms with Gasteiger partial charge in [-0.1, -0.05) is 88.1 Å². The monoisotopic (exact) mass is 564 g/mol. The number of hydrogen-bond acceptors (Lipinski definition) is 4.